The van der Waals surface area contributed by atoms with Gasteiger partial charge in [0.1, 0.15) is 5.00 Å². The molecule has 0 saturated heterocycles. The largest absolute Gasteiger partial charge is 0.462 e. The number of rotatable bonds is 8. The summed E-state index contributed by atoms with van der Waals surface area (Å²) in [5.74, 6) is -0.839. The molecule has 0 unspecified atom stereocenters. The lowest BCUT2D eigenvalue weighted by Crippen LogP contribution is -2.16. The highest BCUT2D eigenvalue weighted by Gasteiger charge is 2.25. The first-order valence-electron chi connectivity index (χ1n) is 9.14. The Kier molecular flexibility index (Phi) is 7.63. The fraction of sp³-hybridized carbons (Fsp3) is 0.250. The number of carbonyl (C=O) groups is 3. The minimum Gasteiger partial charge on any atom is -0.462 e. The highest BCUT2D eigenvalue weighted by molar-refractivity contribution is 9.10. The van der Waals surface area contributed by atoms with Crippen molar-refractivity contribution in [3.63, 3.8) is 0 Å². The monoisotopic (exact) mass is 523 g/mol. The highest BCUT2D eigenvalue weighted by Crippen LogP contribution is 2.34. The number of ether oxygens (including phenoxy) is 1. The van der Waals surface area contributed by atoms with Gasteiger partial charge in [0.15, 0.2) is 5.78 Å². The highest BCUT2D eigenvalue weighted by atomic mass is 79.9. The smallest absolute Gasteiger partial charge is 0.341 e. The third-order valence-corrected chi connectivity index (χ3v) is 6.85. The molecule has 1 amide bonds. The molecule has 11 heteroatoms. The van der Waals surface area contributed by atoms with E-state index in [-0.39, 0.29) is 39.8 Å². The summed E-state index contributed by atoms with van der Waals surface area (Å²) in [7, 11) is 0. The summed E-state index contributed by atoms with van der Waals surface area (Å²) in [5, 5.41) is 11.2. The van der Waals surface area contributed by atoms with Gasteiger partial charge in [-0.05, 0) is 54.4 Å². The minimum atomic E-state index is -0.582. The van der Waals surface area contributed by atoms with Gasteiger partial charge in [-0.3, -0.25) is 9.59 Å². The Morgan fingerprint density at radius 1 is 1.26 bits per heavy atom. The Morgan fingerprint density at radius 3 is 2.68 bits per heavy atom. The van der Waals surface area contributed by atoms with E-state index in [0.717, 1.165) is 33.1 Å². The minimum absolute atomic E-state index is 0.0216. The number of esters is 1. The zero-order valence-electron chi connectivity index (χ0n) is 16.9. The van der Waals surface area contributed by atoms with Gasteiger partial charge >= 0.3 is 5.97 Å². The zero-order valence-corrected chi connectivity index (χ0v) is 20.1. The fourth-order valence-electron chi connectivity index (χ4n) is 2.69. The van der Waals surface area contributed by atoms with Crippen molar-refractivity contribution < 1.29 is 23.5 Å². The molecule has 2 aromatic heterocycles. The van der Waals surface area contributed by atoms with Crippen molar-refractivity contribution in [3.8, 4) is 11.5 Å². The molecule has 0 atom stereocenters. The van der Waals surface area contributed by atoms with Crippen LogP contribution < -0.4 is 5.32 Å². The molecule has 2 heterocycles. The quantitative estimate of drug-likeness (QED) is 0.250. The van der Waals surface area contributed by atoms with Gasteiger partial charge in [-0.15, -0.1) is 21.5 Å². The molecule has 0 aliphatic rings. The lowest BCUT2D eigenvalue weighted by atomic mass is 10.1. The van der Waals surface area contributed by atoms with Crippen LogP contribution in [-0.2, 0) is 9.53 Å². The number of anilines is 1. The number of nitrogens with one attached hydrogen (secondary N) is 1. The number of carbonyl (C=O) groups excluding carboxylic acids is 3. The Bertz CT molecular complexity index is 1140. The van der Waals surface area contributed by atoms with Crippen LogP contribution in [0.2, 0.25) is 0 Å². The number of Topliss-reactive ketones (excluding diaryl/α,β-unsaturated/α-hetero) is 1. The van der Waals surface area contributed by atoms with Crippen LogP contribution in [-0.4, -0.2) is 40.2 Å². The van der Waals surface area contributed by atoms with Crippen LogP contribution in [0.1, 0.15) is 39.4 Å². The van der Waals surface area contributed by atoms with Crippen molar-refractivity contribution in [2.45, 2.75) is 26.0 Å². The number of hydrogen-bond acceptors (Lipinski definition) is 9. The number of ketones is 1. The van der Waals surface area contributed by atoms with Crippen molar-refractivity contribution in [3.05, 3.63) is 44.7 Å². The number of halogens is 1. The molecule has 0 aliphatic carbocycles. The summed E-state index contributed by atoms with van der Waals surface area (Å²) in [6.07, 6.45) is 0. The summed E-state index contributed by atoms with van der Waals surface area (Å²) >= 11 is 5.55. The van der Waals surface area contributed by atoms with E-state index in [4.69, 9.17) is 9.15 Å². The Labute approximate surface area is 194 Å². The molecule has 162 valence electrons. The van der Waals surface area contributed by atoms with Crippen LogP contribution >= 0.6 is 39.0 Å². The number of aromatic nitrogens is 2. The van der Waals surface area contributed by atoms with Crippen molar-refractivity contribution in [1.82, 2.24) is 10.2 Å². The van der Waals surface area contributed by atoms with Crippen molar-refractivity contribution in [2.75, 3.05) is 17.7 Å². The second-order valence-electron chi connectivity index (χ2n) is 6.23. The van der Waals surface area contributed by atoms with Gasteiger partial charge in [0.25, 0.3) is 5.22 Å². The van der Waals surface area contributed by atoms with E-state index in [0.29, 0.717) is 16.3 Å². The van der Waals surface area contributed by atoms with Crippen molar-refractivity contribution in [2.24, 2.45) is 0 Å². The van der Waals surface area contributed by atoms with E-state index in [1.54, 1.807) is 13.8 Å². The Hall–Kier alpha value is -2.50. The molecular formula is C20H18BrN3O5S2. The molecule has 3 aromatic rings. The summed E-state index contributed by atoms with van der Waals surface area (Å²) in [6.45, 7) is 4.94. The number of thioether (sulfide) groups is 1. The maximum atomic E-state index is 12.5. The molecule has 0 saturated carbocycles. The summed E-state index contributed by atoms with van der Waals surface area (Å²) < 4.78 is 11.5. The zero-order chi connectivity index (χ0) is 22.5. The summed E-state index contributed by atoms with van der Waals surface area (Å²) in [5.41, 5.74) is 1.44. The standard InChI is InChI=1S/C20H18BrN3O5S2/c1-4-28-19(27)15-10(2)16(11(3)25)31-18(15)22-14(26)9-30-20-24-23-17(29-20)12-7-5-6-8-13(12)21/h5-8H,4,9H2,1-3H3,(H,22,26). The van der Waals surface area contributed by atoms with Gasteiger partial charge in [0.2, 0.25) is 11.8 Å². The molecule has 1 aromatic carbocycles. The normalized spacial score (nSPS) is 10.7. The summed E-state index contributed by atoms with van der Waals surface area (Å²) in [6, 6.07) is 7.42. The van der Waals surface area contributed by atoms with Crippen molar-refractivity contribution in [1.29, 1.82) is 0 Å². The molecular weight excluding hydrogens is 506 g/mol. The average molecular weight is 524 g/mol. The molecule has 3 rings (SSSR count). The first kappa shape index (κ1) is 23.2. The van der Waals surface area contributed by atoms with Gasteiger partial charge in [-0.2, -0.15) is 0 Å². The van der Waals surface area contributed by atoms with Gasteiger partial charge < -0.3 is 14.5 Å². The molecule has 8 nitrogen and oxygen atoms in total. The number of benzene rings is 1. The van der Waals surface area contributed by atoms with Crippen LogP contribution in [0.5, 0.6) is 0 Å². The lowest BCUT2D eigenvalue weighted by Gasteiger charge is -2.06. The van der Waals surface area contributed by atoms with E-state index in [1.807, 2.05) is 24.3 Å². The van der Waals surface area contributed by atoms with E-state index in [9.17, 15) is 14.4 Å². The molecule has 1 N–H and O–H groups in total. The molecule has 0 fully saturated rings. The van der Waals surface area contributed by atoms with Crippen LogP contribution in [0, 0.1) is 6.92 Å². The van der Waals surface area contributed by atoms with E-state index < -0.39 is 5.97 Å². The van der Waals surface area contributed by atoms with Gasteiger partial charge in [0.05, 0.1) is 28.4 Å². The number of nitrogens with zero attached hydrogens (tertiary/aromatic N) is 2. The fourth-order valence-corrected chi connectivity index (χ4v) is 4.81. The number of hydrogen-bond donors (Lipinski definition) is 1. The van der Waals surface area contributed by atoms with Crippen LogP contribution in [0.15, 0.2) is 38.4 Å². The predicted molar refractivity (Wildman–Crippen MR) is 122 cm³/mol. The third kappa shape index (κ3) is 5.41. The third-order valence-electron chi connectivity index (χ3n) is 4.04. The van der Waals surface area contributed by atoms with E-state index in [2.05, 4.69) is 31.4 Å². The first-order chi connectivity index (χ1) is 14.8. The second-order valence-corrected chi connectivity index (χ2v) is 9.03. The average Bonchev–Trinajstić information content (AvgIpc) is 3.31. The van der Waals surface area contributed by atoms with E-state index >= 15 is 0 Å². The first-order valence-corrected chi connectivity index (χ1v) is 11.7. The maximum Gasteiger partial charge on any atom is 0.341 e. The van der Waals surface area contributed by atoms with Gasteiger partial charge in [-0.25, -0.2) is 4.79 Å². The van der Waals surface area contributed by atoms with Gasteiger partial charge in [-0.1, -0.05) is 23.9 Å². The Balaban J connectivity index is 1.70. The van der Waals surface area contributed by atoms with E-state index in [1.165, 1.54) is 6.92 Å². The second kappa shape index (κ2) is 10.2. The van der Waals surface area contributed by atoms with Crippen LogP contribution in [0.3, 0.4) is 0 Å². The predicted octanol–water partition coefficient (Wildman–Crippen LogP) is 4.98. The topological polar surface area (TPSA) is 111 Å². The molecule has 0 spiro atoms. The molecule has 0 aliphatic heterocycles. The number of thiophene rings is 1. The Morgan fingerprint density at radius 2 is 2.00 bits per heavy atom. The van der Waals surface area contributed by atoms with Crippen molar-refractivity contribution >= 4 is 61.7 Å². The SMILES string of the molecule is CCOC(=O)c1c(NC(=O)CSc2nnc(-c3ccccc3Br)o2)sc(C(C)=O)c1C. The lowest BCUT2D eigenvalue weighted by molar-refractivity contribution is -0.113. The molecule has 0 radical (unpaired) electrons. The van der Waals surface area contributed by atoms with Crippen LogP contribution in [0.25, 0.3) is 11.5 Å². The van der Waals surface area contributed by atoms with Gasteiger partial charge in [0, 0.05) is 4.47 Å². The maximum absolute atomic E-state index is 12.5. The molecule has 31 heavy (non-hydrogen) atoms. The molecule has 0 bridgehead atoms. The van der Waals surface area contributed by atoms with Crippen LogP contribution in [0.4, 0.5) is 5.00 Å². The number of amides is 1. The summed E-state index contributed by atoms with van der Waals surface area (Å²) in [4.78, 5) is 37.1.